The Kier molecular flexibility index (Phi) is 11.6. The van der Waals surface area contributed by atoms with Crippen LogP contribution in [-0.2, 0) is 21.0 Å². The van der Waals surface area contributed by atoms with Gasteiger partial charge in [-0.2, -0.15) is 0 Å². The fraction of sp³-hybridized carbons (Fsp3) is 0.0714. The zero-order chi connectivity index (χ0) is 34.0. The number of phenolic OH excluding ortho intramolecular Hbond substituents is 2. The van der Waals surface area contributed by atoms with Gasteiger partial charge in [-0.15, -0.1) is 0 Å². The number of hydrogen-bond donors (Lipinski definition) is 2. The van der Waals surface area contributed by atoms with E-state index in [1.54, 1.807) is 60.7 Å². The third-order valence-corrected chi connectivity index (χ3v) is 6.35. The molecule has 46 heavy (non-hydrogen) atoms. The van der Waals surface area contributed by atoms with E-state index < -0.39 is 66.0 Å². The van der Waals surface area contributed by atoms with Gasteiger partial charge >= 0.3 is 32.4 Å². The maximum atomic E-state index is 11.4. The summed E-state index contributed by atoms with van der Waals surface area (Å²) < 4.78 is 8.19. The molecule has 0 spiro atoms. The van der Waals surface area contributed by atoms with Crippen molar-refractivity contribution in [1.82, 2.24) is 0 Å². The molecule has 233 valence electrons. The van der Waals surface area contributed by atoms with E-state index >= 15 is 0 Å². The van der Waals surface area contributed by atoms with Crippen molar-refractivity contribution in [3.8, 4) is 11.5 Å². The van der Waals surface area contributed by atoms with Gasteiger partial charge in [0.15, 0.2) is 0 Å². The Labute approximate surface area is 267 Å². The summed E-state index contributed by atoms with van der Waals surface area (Å²) in [6, 6.07) is 18.0. The normalized spacial score (nSPS) is 12.2. The molecule has 4 aromatic carbocycles. The molecular formula is C28H20N6O11V. The Morgan fingerprint density at radius 1 is 0.565 bits per heavy atom. The van der Waals surface area contributed by atoms with Gasteiger partial charge in [-0.25, -0.2) is 0 Å². The van der Waals surface area contributed by atoms with Crippen LogP contribution in [0.2, 0.25) is 0 Å². The second-order valence-electron chi connectivity index (χ2n) is 9.10. The first kappa shape index (κ1) is 34.3. The van der Waals surface area contributed by atoms with Crippen LogP contribution in [0.3, 0.4) is 0 Å². The van der Waals surface area contributed by atoms with Crippen LogP contribution in [0.1, 0.15) is 34.3 Å². The molecule has 2 N–H and O–H groups in total. The molecule has 0 aromatic heterocycles. The van der Waals surface area contributed by atoms with Crippen molar-refractivity contribution >= 4 is 35.2 Å². The molecule has 0 aliphatic rings. The predicted molar refractivity (Wildman–Crippen MR) is 157 cm³/mol. The average molecular weight is 667 g/mol. The Morgan fingerprint density at radius 2 is 0.891 bits per heavy atom. The van der Waals surface area contributed by atoms with Gasteiger partial charge in [0.2, 0.25) is 11.5 Å². The SMILES string of the molecule is O=[N+]([O-])c1cc(C=NC(c2ccccc2)C(N=Cc2cc([N+](=O)[O-])cc([N+](=O)[O-])c2O)c2ccccc2)c(O)c([N+](=O)[O-])c1.[O]=[V]. The van der Waals surface area contributed by atoms with Gasteiger partial charge in [-0.05, 0) is 11.1 Å². The van der Waals surface area contributed by atoms with Crippen LogP contribution < -0.4 is 0 Å². The van der Waals surface area contributed by atoms with E-state index in [2.05, 4.69) is 9.98 Å². The van der Waals surface area contributed by atoms with E-state index in [0.717, 1.165) is 41.9 Å². The molecule has 0 radical (unpaired) electrons. The molecular weight excluding hydrogens is 647 g/mol. The quantitative estimate of drug-likeness (QED) is 0.112. The summed E-state index contributed by atoms with van der Waals surface area (Å²) in [6.45, 7) is 0. The van der Waals surface area contributed by atoms with E-state index in [4.69, 9.17) is 3.67 Å². The summed E-state index contributed by atoms with van der Waals surface area (Å²) in [5.74, 6) is -1.71. The average Bonchev–Trinajstić information content (AvgIpc) is 3.05. The first-order chi connectivity index (χ1) is 22.0. The Hall–Kier alpha value is -6.20. The molecule has 0 aliphatic carbocycles. The molecule has 0 saturated carbocycles. The van der Waals surface area contributed by atoms with Gasteiger partial charge in [-0.1, -0.05) is 60.7 Å². The molecule has 0 saturated heterocycles. The van der Waals surface area contributed by atoms with Gasteiger partial charge < -0.3 is 10.2 Å². The summed E-state index contributed by atoms with van der Waals surface area (Å²) in [7, 11) is 0. The van der Waals surface area contributed by atoms with Crippen molar-refractivity contribution in [1.29, 1.82) is 0 Å². The second-order valence-corrected chi connectivity index (χ2v) is 9.10. The van der Waals surface area contributed by atoms with Crippen molar-refractivity contribution in [2.45, 2.75) is 12.1 Å². The number of benzene rings is 4. The molecule has 0 heterocycles. The van der Waals surface area contributed by atoms with Crippen molar-refractivity contribution in [2.75, 3.05) is 0 Å². The van der Waals surface area contributed by atoms with Gasteiger partial charge in [-0.3, -0.25) is 50.4 Å². The molecule has 0 fully saturated rings. The minimum atomic E-state index is -0.983. The number of nitro groups is 4. The van der Waals surface area contributed by atoms with Crippen molar-refractivity contribution in [3.05, 3.63) is 148 Å². The van der Waals surface area contributed by atoms with Crippen LogP contribution in [0.15, 0.2) is 94.9 Å². The fourth-order valence-corrected chi connectivity index (χ4v) is 4.26. The molecule has 0 amide bonds. The topological polar surface area (TPSA) is 255 Å². The molecule has 17 nitrogen and oxygen atoms in total. The van der Waals surface area contributed by atoms with Crippen molar-refractivity contribution in [3.63, 3.8) is 0 Å². The molecule has 0 aliphatic heterocycles. The first-order valence-electron chi connectivity index (χ1n) is 12.6. The second kappa shape index (κ2) is 15.5. The van der Waals surface area contributed by atoms with Crippen molar-refractivity contribution in [2.24, 2.45) is 9.98 Å². The van der Waals surface area contributed by atoms with E-state index in [0.29, 0.717) is 23.3 Å². The standard InChI is InChI=1S/C28H20N6O10.O.V/c35-27-19(11-21(31(37)38)13-23(27)33(41)42)15-29-25(17-7-3-1-4-8-17)26(18-9-5-2-6-10-18)30-16-20-12-22(32(39)40)14-24(28(20)36)34(43)44;;/h1-16,25-26,35-36H;;. The summed E-state index contributed by atoms with van der Waals surface area (Å²) in [4.78, 5) is 51.0. The molecule has 4 aromatic rings. The zero-order valence-corrected chi connectivity index (χ0v) is 24.5. The number of phenols is 2. The number of nitro benzene ring substituents is 4. The van der Waals surface area contributed by atoms with Gasteiger partial charge in [0, 0.05) is 35.7 Å². The Bertz CT molecular complexity index is 1710. The third-order valence-electron chi connectivity index (χ3n) is 6.35. The van der Waals surface area contributed by atoms with E-state index in [-0.39, 0.29) is 11.1 Å². The summed E-state index contributed by atoms with van der Waals surface area (Å²) in [5, 5.41) is 66.7. The maximum absolute atomic E-state index is 11.4. The van der Waals surface area contributed by atoms with Gasteiger partial charge in [0.1, 0.15) is 12.1 Å². The molecule has 18 heteroatoms. The number of hydrogen-bond acceptors (Lipinski definition) is 13. The summed E-state index contributed by atoms with van der Waals surface area (Å²) in [5.41, 5.74) is -2.72. The van der Waals surface area contributed by atoms with Crippen LogP contribution in [0, 0.1) is 40.5 Å². The van der Waals surface area contributed by atoms with Gasteiger partial charge in [0.05, 0.1) is 31.8 Å². The summed E-state index contributed by atoms with van der Waals surface area (Å²) >= 11 is 1.06. The van der Waals surface area contributed by atoms with E-state index in [9.17, 15) is 50.7 Å². The Balaban J connectivity index is 0.00000282. The fourth-order valence-electron chi connectivity index (χ4n) is 4.26. The van der Waals surface area contributed by atoms with Crippen LogP contribution in [0.5, 0.6) is 11.5 Å². The number of non-ortho nitro benzene ring substituents is 2. The first-order valence-corrected chi connectivity index (χ1v) is 13.2. The number of rotatable bonds is 11. The van der Waals surface area contributed by atoms with Crippen LogP contribution in [-0.4, -0.2) is 42.3 Å². The zero-order valence-electron chi connectivity index (χ0n) is 23.1. The van der Waals surface area contributed by atoms with E-state index in [1.165, 1.54) is 0 Å². The number of aromatic hydroxyl groups is 2. The molecule has 2 unspecified atom stereocenters. The third kappa shape index (κ3) is 8.04. The predicted octanol–water partition coefficient (Wildman–Crippen LogP) is 5.63. The minimum absolute atomic E-state index is 0.324. The van der Waals surface area contributed by atoms with Crippen LogP contribution in [0.25, 0.3) is 0 Å². The van der Waals surface area contributed by atoms with Gasteiger partial charge in [0.25, 0.3) is 11.4 Å². The Morgan fingerprint density at radius 3 is 1.17 bits per heavy atom. The van der Waals surface area contributed by atoms with Crippen molar-refractivity contribution < 1.29 is 50.9 Å². The number of aliphatic imine (C=N–C) groups is 2. The molecule has 2 atom stereocenters. The monoisotopic (exact) mass is 667 g/mol. The van der Waals surface area contributed by atoms with Crippen LogP contribution in [0.4, 0.5) is 22.7 Å². The van der Waals surface area contributed by atoms with Crippen LogP contribution >= 0.6 is 0 Å². The molecule has 0 bridgehead atoms. The van der Waals surface area contributed by atoms with E-state index in [1.807, 2.05) is 0 Å². The number of nitrogens with zero attached hydrogens (tertiary/aromatic N) is 6. The molecule has 4 rings (SSSR count). The summed E-state index contributed by atoms with van der Waals surface area (Å²) in [6.07, 6.45) is 2.04.